The van der Waals surface area contributed by atoms with E-state index < -0.39 is 0 Å². The first-order chi connectivity index (χ1) is 12.2. The molecule has 132 valence electrons. The SMILES string of the molecule is COc1cc(CNC(=O)N[C@H]2c3ccccc3OC[C@H]2CO)ccn1. The van der Waals surface area contributed by atoms with E-state index in [-0.39, 0.29) is 24.6 Å². The molecule has 1 aliphatic heterocycles. The van der Waals surface area contributed by atoms with Crippen LogP contribution in [-0.4, -0.2) is 36.4 Å². The van der Waals surface area contributed by atoms with Crippen molar-refractivity contribution in [1.29, 1.82) is 0 Å². The molecular formula is C18H21N3O4. The van der Waals surface area contributed by atoms with Crippen molar-refractivity contribution in [2.45, 2.75) is 12.6 Å². The maximum Gasteiger partial charge on any atom is 0.315 e. The number of aliphatic hydroxyl groups excluding tert-OH is 1. The fourth-order valence-electron chi connectivity index (χ4n) is 2.82. The Kier molecular flexibility index (Phi) is 5.35. The lowest BCUT2D eigenvalue weighted by atomic mass is 9.91. The summed E-state index contributed by atoms with van der Waals surface area (Å²) < 4.78 is 10.7. The summed E-state index contributed by atoms with van der Waals surface area (Å²) in [4.78, 5) is 16.4. The number of aliphatic hydroxyl groups is 1. The number of rotatable bonds is 5. The number of benzene rings is 1. The van der Waals surface area contributed by atoms with Gasteiger partial charge in [0.15, 0.2) is 0 Å². The molecule has 2 atom stereocenters. The Morgan fingerprint density at radius 2 is 2.24 bits per heavy atom. The van der Waals surface area contributed by atoms with Gasteiger partial charge in [-0.2, -0.15) is 0 Å². The van der Waals surface area contributed by atoms with E-state index in [4.69, 9.17) is 9.47 Å². The van der Waals surface area contributed by atoms with E-state index in [1.54, 1.807) is 19.4 Å². The summed E-state index contributed by atoms with van der Waals surface area (Å²) in [7, 11) is 1.55. The number of methoxy groups -OCH3 is 1. The molecule has 1 aliphatic rings. The van der Waals surface area contributed by atoms with E-state index in [0.717, 1.165) is 16.9 Å². The molecule has 2 heterocycles. The Bertz CT molecular complexity index is 738. The van der Waals surface area contributed by atoms with Gasteiger partial charge in [0.25, 0.3) is 0 Å². The summed E-state index contributed by atoms with van der Waals surface area (Å²) >= 11 is 0. The number of urea groups is 1. The molecule has 2 amide bonds. The highest BCUT2D eigenvalue weighted by Gasteiger charge is 2.31. The Balaban J connectivity index is 1.65. The zero-order valence-electron chi connectivity index (χ0n) is 13.9. The largest absolute Gasteiger partial charge is 0.493 e. The Morgan fingerprint density at radius 3 is 3.04 bits per heavy atom. The highest BCUT2D eigenvalue weighted by molar-refractivity contribution is 5.74. The average molecular weight is 343 g/mol. The van der Waals surface area contributed by atoms with E-state index in [2.05, 4.69) is 15.6 Å². The number of amides is 2. The molecule has 25 heavy (non-hydrogen) atoms. The van der Waals surface area contributed by atoms with Gasteiger partial charge in [-0.3, -0.25) is 0 Å². The van der Waals surface area contributed by atoms with Gasteiger partial charge in [0.05, 0.1) is 26.4 Å². The van der Waals surface area contributed by atoms with Crippen molar-refractivity contribution < 1.29 is 19.4 Å². The van der Waals surface area contributed by atoms with Crippen molar-refractivity contribution in [2.24, 2.45) is 5.92 Å². The number of pyridine rings is 1. The molecule has 0 saturated carbocycles. The first-order valence-electron chi connectivity index (χ1n) is 8.07. The van der Waals surface area contributed by atoms with Crippen LogP contribution in [0, 0.1) is 5.92 Å². The maximum atomic E-state index is 12.3. The quantitative estimate of drug-likeness (QED) is 0.767. The third-order valence-corrected chi connectivity index (χ3v) is 4.16. The van der Waals surface area contributed by atoms with E-state index in [1.807, 2.05) is 30.3 Å². The monoisotopic (exact) mass is 343 g/mol. The third kappa shape index (κ3) is 4.00. The summed E-state index contributed by atoms with van der Waals surface area (Å²) in [6.45, 7) is 0.639. The molecule has 1 aromatic heterocycles. The van der Waals surface area contributed by atoms with Crippen LogP contribution < -0.4 is 20.1 Å². The molecule has 0 saturated heterocycles. The van der Waals surface area contributed by atoms with Crippen molar-refractivity contribution in [3.8, 4) is 11.6 Å². The zero-order chi connectivity index (χ0) is 17.6. The lowest BCUT2D eigenvalue weighted by molar-refractivity contribution is 0.113. The van der Waals surface area contributed by atoms with Gasteiger partial charge < -0.3 is 25.2 Å². The van der Waals surface area contributed by atoms with Crippen molar-refractivity contribution in [3.63, 3.8) is 0 Å². The second kappa shape index (κ2) is 7.85. The lowest BCUT2D eigenvalue weighted by Gasteiger charge is -2.33. The number of carbonyl (C=O) groups excluding carboxylic acids is 1. The number of fused-ring (bicyclic) bond motifs is 1. The second-order valence-electron chi connectivity index (χ2n) is 5.80. The van der Waals surface area contributed by atoms with E-state index >= 15 is 0 Å². The summed E-state index contributed by atoms with van der Waals surface area (Å²) in [6, 6.07) is 10.5. The van der Waals surface area contributed by atoms with Crippen LogP contribution in [0.3, 0.4) is 0 Å². The Morgan fingerprint density at radius 1 is 1.40 bits per heavy atom. The van der Waals surface area contributed by atoms with Crippen LogP contribution >= 0.6 is 0 Å². The number of hydrogen-bond acceptors (Lipinski definition) is 5. The topological polar surface area (TPSA) is 92.7 Å². The molecule has 0 radical (unpaired) electrons. The van der Waals surface area contributed by atoms with E-state index in [9.17, 15) is 9.90 Å². The van der Waals surface area contributed by atoms with Gasteiger partial charge >= 0.3 is 6.03 Å². The average Bonchev–Trinajstić information content (AvgIpc) is 2.67. The summed E-state index contributed by atoms with van der Waals surface area (Å²) in [6.07, 6.45) is 1.63. The molecule has 2 aromatic rings. The standard InChI is InChI=1S/C18H21N3O4/c1-24-16-8-12(6-7-19-16)9-20-18(23)21-17-13(10-22)11-25-15-5-3-2-4-14(15)17/h2-8,13,17,22H,9-11H2,1H3,(H2,20,21,23)/t13-,17-/m1/s1. The lowest BCUT2D eigenvalue weighted by Crippen LogP contribution is -2.44. The van der Waals surface area contributed by atoms with Crippen molar-refractivity contribution in [3.05, 3.63) is 53.7 Å². The smallest absolute Gasteiger partial charge is 0.315 e. The normalized spacial score (nSPS) is 18.6. The van der Waals surface area contributed by atoms with Gasteiger partial charge in [0.2, 0.25) is 5.88 Å². The number of carbonyl (C=O) groups is 1. The molecule has 7 heteroatoms. The van der Waals surface area contributed by atoms with Gasteiger partial charge in [-0.05, 0) is 17.7 Å². The predicted molar refractivity (Wildman–Crippen MR) is 91.4 cm³/mol. The van der Waals surface area contributed by atoms with Crippen LogP contribution in [0.1, 0.15) is 17.2 Å². The first-order valence-corrected chi connectivity index (χ1v) is 8.07. The van der Waals surface area contributed by atoms with Crippen molar-refractivity contribution in [1.82, 2.24) is 15.6 Å². The minimum absolute atomic E-state index is 0.0686. The van der Waals surface area contributed by atoms with Gasteiger partial charge in [-0.1, -0.05) is 18.2 Å². The molecule has 1 aromatic carbocycles. The number of aromatic nitrogens is 1. The van der Waals surface area contributed by atoms with Gasteiger partial charge in [-0.25, -0.2) is 9.78 Å². The van der Waals surface area contributed by atoms with Crippen LogP contribution in [0.25, 0.3) is 0 Å². The predicted octanol–water partition coefficient (Wildman–Crippen LogP) is 1.63. The number of para-hydroxylation sites is 1. The van der Waals surface area contributed by atoms with Crippen LogP contribution in [0.4, 0.5) is 4.79 Å². The Hall–Kier alpha value is -2.80. The number of hydrogen-bond donors (Lipinski definition) is 3. The summed E-state index contributed by atoms with van der Waals surface area (Å²) in [5.74, 6) is 1.04. The third-order valence-electron chi connectivity index (χ3n) is 4.16. The van der Waals surface area contributed by atoms with Crippen molar-refractivity contribution >= 4 is 6.03 Å². The molecule has 0 fully saturated rings. The Labute approximate surface area is 146 Å². The highest BCUT2D eigenvalue weighted by Crippen LogP contribution is 2.34. The van der Waals surface area contributed by atoms with Crippen LogP contribution in [0.2, 0.25) is 0 Å². The molecule has 0 bridgehead atoms. The molecule has 7 nitrogen and oxygen atoms in total. The molecule has 3 rings (SSSR count). The molecular weight excluding hydrogens is 322 g/mol. The fraction of sp³-hybridized carbons (Fsp3) is 0.333. The summed E-state index contributed by atoms with van der Waals surface area (Å²) in [5, 5.41) is 15.3. The fourth-order valence-corrected chi connectivity index (χ4v) is 2.82. The summed E-state index contributed by atoms with van der Waals surface area (Å²) in [5.41, 5.74) is 1.75. The van der Waals surface area contributed by atoms with Crippen LogP contribution in [0.5, 0.6) is 11.6 Å². The van der Waals surface area contributed by atoms with E-state index in [1.165, 1.54) is 0 Å². The number of nitrogens with one attached hydrogen (secondary N) is 2. The van der Waals surface area contributed by atoms with Crippen LogP contribution in [-0.2, 0) is 6.54 Å². The minimum Gasteiger partial charge on any atom is -0.493 e. The number of nitrogens with zero attached hydrogens (tertiary/aromatic N) is 1. The molecule has 0 unspecified atom stereocenters. The molecule has 0 spiro atoms. The van der Waals surface area contributed by atoms with Gasteiger partial charge in [-0.15, -0.1) is 0 Å². The zero-order valence-corrected chi connectivity index (χ0v) is 13.9. The number of ether oxygens (including phenoxy) is 2. The highest BCUT2D eigenvalue weighted by atomic mass is 16.5. The van der Waals surface area contributed by atoms with Crippen LogP contribution in [0.15, 0.2) is 42.6 Å². The van der Waals surface area contributed by atoms with Gasteiger partial charge in [0.1, 0.15) is 5.75 Å². The minimum atomic E-state index is -0.309. The van der Waals surface area contributed by atoms with Gasteiger partial charge in [0, 0.05) is 30.3 Å². The molecule has 3 N–H and O–H groups in total. The first kappa shape index (κ1) is 17.0. The molecule has 0 aliphatic carbocycles. The van der Waals surface area contributed by atoms with Crippen molar-refractivity contribution in [2.75, 3.05) is 20.3 Å². The maximum absolute atomic E-state index is 12.3. The second-order valence-corrected chi connectivity index (χ2v) is 5.80. The van der Waals surface area contributed by atoms with E-state index in [0.29, 0.717) is 19.0 Å².